The topological polar surface area (TPSA) is 67.4 Å². The number of carbonyl (C=O) groups excluding carboxylic acids is 1. The van der Waals surface area contributed by atoms with E-state index in [9.17, 15) is 9.18 Å². The lowest BCUT2D eigenvalue weighted by atomic mass is 10.1. The molecule has 1 N–H and O–H groups in total. The van der Waals surface area contributed by atoms with Crippen LogP contribution in [-0.2, 0) is 17.0 Å². The van der Waals surface area contributed by atoms with Crippen LogP contribution in [0, 0.1) is 5.82 Å². The monoisotopic (exact) mass is 472 g/mol. The molecule has 0 unspecified atom stereocenters. The van der Waals surface area contributed by atoms with E-state index in [4.69, 9.17) is 16.3 Å². The Hall–Kier alpha value is -2.68. The Kier molecular flexibility index (Phi) is 7.57. The molecule has 4 rings (SSSR count). The van der Waals surface area contributed by atoms with Gasteiger partial charge in [-0.3, -0.25) is 4.79 Å². The first kappa shape index (κ1) is 22.5. The summed E-state index contributed by atoms with van der Waals surface area (Å²) in [6.07, 6.45) is 0. The average Bonchev–Trinajstić information content (AvgIpc) is 2.83. The minimum Gasteiger partial charge on any atom is -0.378 e. The summed E-state index contributed by atoms with van der Waals surface area (Å²) in [4.78, 5) is 23.4. The third kappa shape index (κ3) is 6.18. The van der Waals surface area contributed by atoms with E-state index in [-0.39, 0.29) is 11.7 Å². The lowest BCUT2D eigenvalue weighted by Gasteiger charge is -2.27. The zero-order chi connectivity index (χ0) is 22.3. The smallest absolute Gasteiger partial charge is 0.251 e. The average molecular weight is 473 g/mol. The van der Waals surface area contributed by atoms with Gasteiger partial charge in [-0.1, -0.05) is 47.6 Å². The van der Waals surface area contributed by atoms with Gasteiger partial charge in [0, 0.05) is 37.0 Å². The number of morpholine rings is 1. The van der Waals surface area contributed by atoms with Crippen LogP contribution in [0.15, 0.2) is 59.8 Å². The van der Waals surface area contributed by atoms with E-state index < -0.39 is 0 Å². The number of ether oxygens (including phenoxy) is 1. The van der Waals surface area contributed by atoms with Gasteiger partial charge in [0.1, 0.15) is 16.8 Å². The molecule has 6 nitrogen and oxygen atoms in total. The number of hydrogen-bond acceptors (Lipinski definition) is 6. The number of rotatable bonds is 7. The Morgan fingerprint density at radius 3 is 2.47 bits per heavy atom. The zero-order valence-electron chi connectivity index (χ0n) is 17.3. The van der Waals surface area contributed by atoms with Crippen molar-refractivity contribution in [2.24, 2.45) is 0 Å². The number of hydrogen-bond donors (Lipinski definition) is 1. The van der Waals surface area contributed by atoms with Crippen LogP contribution < -0.4 is 10.2 Å². The predicted molar refractivity (Wildman–Crippen MR) is 124 cm³/mol. The molecule has 0 aliphatic carbocycles. The van der Waals surface area contributed by atoms with Crippen LogP contribution in [0.5, 0.6) is 0 Å². The highest BCUT2D eigenvalue weighted by Gasteiger charge is 2.15. The number of aromatic nitrogens is 2. The molecule has 1 aromatic heterocycles. The van der Waals surface area contributed by atoms with Gasteiger partial charge in [-0.15, -0.1) is 0 Å². The second kappa shape index (κ2) is 10.8. The van der Waals surface area contributed by atoms with Crippen LogP contribution in [0.25, 0.3) is 0 Å². The predicted octanol–water partition coefficient (Wildman–Crippen LogP) is 4.33. The molecule has 0 saturated carbocycles. The highest BCUT2D eigenvalue weighted by molar-refractivity contribution is 7.98. The van der Waals surface area contributed by atoms with E-state index in [0.717, 1.165) is 30.0 Å². The molecule has 166 valence electrons. The van der Waals surface area contributed by atoms with Gasteiger partial charge in [0.2, 0.25) is 0 Å². The van der Waals surface area contributed by atoms with Crippen molar-refractivity contribution in [1.82, 2.24) is 15.3 Å². The maximum atomic E-state index is 13.0. The van der Waals surface area contributed by atoms with Gasteiger partial charge in [0.15, 0.2) is 5.16 Å². The van der Waals surface area contributed by atoms with Crippen molar-refractivity contribution < 1.29 is 13.9 Å². The Morgan fingerprint density at radius 2 is 1.75 bits per heavy atom. The Morgan fingerprint density at radius 1 is 1.06 bits per heavy atom. The van der Waals surface area contributed by atoms with Crippen LogP contribution in [0.4, 0.5) is 10.2 Å². The van der Waals surface area contributed by atoms with E-state index in [1.54, 1.807) is 30.3 Å². The van der Waals surface area contributed by atoms with Crippen LogP contribution in [-0.4, -0.2) is 42.2 Å². The molecular formula is C23H22ClFN4O2S. The fourth-order valence-electron chi connectivity index (χ4n) is 3.19. The fraction of sp³-hybridized carbons (Fsp3) is 0.261. The lowest BCUT2D eigenvalue weighted by molar-refractivity contribution is 0.0951. The summed E-state index contributed by atoms with van der Waals surface area (Å²) in [6.45, 7) is 3.25. The molecule has 32 heavy (non-hydrogen) atoms. The van der Waals surface area contributed by atoms with Crippen molar-refractivity contribution in [3.05, 3.63) is 82.3 Å². The largest absolute Gasteiger partial charge is 0.378 e. The summed E-state index contributed by atoms with van der Waals surface area (Å²) in [6, 6.07) is 15.2. The van der Waals surface area contributed by atoms with Gasteiger partial charge >= 0.3 is 0 Å². The summed E-state index contributed by atoms with van der Waals surface area (Å²) < 4.78 is 18.4. The normalized spacial score (nSPS) is 13.8. The molecule has 0 radical (unpaired) electrons. The van der Waals surface area contributed by atoms with Gasteiger partial charge in [0.25, 0.3) is 5.91 Å². The van der Waals surface area contributed by atoms with Crippen LogP contribution in [0.1, 0.15) is 21.5 Å². The molecule has 2 heterocycles. The zero-order valence-corrected chi connectivity index (χ0v) is 18.8. The second-order valence-corrected chi connectivity index (χ2v) is 8.56. The molecule has 1 fully saturated rings. The third-order valence-electron chi connectivity index (χ3n) is 4.95. The molecule has 0 bridgehead atoms. The highest BCUT2D eigenvalue weighted by Crippen LogP contribution is 2.25. The first-order chi connectivity index (χ1) is 15.6. The van der Waals surface area contributed by atoms with Crippen LogP contribution in [0.3, 0.4) is 0 Å². The molecule has 2 aromatic carbocycles. The summed E-state index contributed by atoms with van der Waals surface area (Å²) in [5, 5.41) is 3.87. The summed E-state index contributed by atoms with van der Waals surface area (Å²) >= 11 is 7.70. The second-order valence-electron chi connectivity index (χ2n) is 7.23. The van der Waals surface area contributed by atoms with Crippen molar-refractivity contribution in [3.8, 4) is 0 Å². The Labute approximate surface area is 195 Å². The number of carbonyl (C=O) groups is 1. The number of amides is 1. The van der Waals surface area contributed by atoms with Crippen LogP contribution >= 0.6 is 23.4 Å². The summed E-state index contributed by atoms with van der Waals surface area (Å²) in [5.41, 5.74) is 2.45. The number of halogens is 2. The number of benzene rings is 2. The van der Waals surface area contributed by atoms with Crippen molar-refractivity contribution in [1.29, 1.82) is 0 Å². The first-order valence-electron chi connectivity index (χ1n) is 10.2. The van der Waals surface area contributed by atoms with Crippen LogP contribution in [0.2, 0.25) is 5.15 Å². The van der Waals surface area contributed by atoms with Gasteiger partial charge < -0.3 is 15.0 Å². The molecule has 0 atom stereocenters. The van der Waals surface area contributed by atoms with Gasteiger partial charge in [-0.05, 0) is 35.4 Å². The standard InChI is InChI=1S/C23H22ClFN4O2S/c24-20-13-21(29-9-11-31-12-10-29)28-23(27-20)32-15-17-1-5-18(6-2-17)22(30)26-14-16-3-7-19(25)8-4-16/h1-8,13H,9-12,14-15H2,(H,26,30). The number of nitrogens with zero attached hydrogens (tertiary/aromatic N) is 3. The first-order valence-corrected chi connectivity index (χ1v) is 11.5. The number of thioether (sulfide) groups is 1. The van der Waals surface area contributed by atoms with E-state index in [1.165, 1.54) is 23.9 Å². The Bertz CT molecular complexity index is 1060. The van der Waals surface area contributed by atoms with Gasteiger partial charge in [-0.2, -0.15) is 0 Å². The molecule has 9 heteroatoms. The maximum Gasteiger partial charge on any atom is 0.251 e. The summed E-state index contributed by atoms with van der Waals surface area (Å²) in [7, 11) is 0. The minimum atomic E-state index is -0.297. The van der Waals surface area contributed by atoms with Crippen molar-refractivity contribution in [3.63, 3.8) is 0 Å². The third-order valence-corrected chi connectivity index (χ3v) is 6.06. The molecule has 3 aromatic rings. The maximum absolute atomic E-state index is 13.0. The lowest BCUT2D eigenvalue weighted by Crippen LogP contribution is -2.36. The SMILES string of the molecule is O=C(NCc1ccc(F)cc1)c1ccc(CSc2nc(Cl)cc(N3CCOCC3)n2)cc1. The van der Waals surface area contributed by atoms with Crippen molar-refractivity contribution in [2.75, 3.05) is 31.2 Å². The van der Waals surface area contributed by atoms with E-state index in [1.807, 2.05) is 12.1 Å². The molecule has 1 aliphatic rings. The quantitative estimate of drug-likeness (QED) is 0.313. The highest BCUT2D eigenvalue weighted by atomic mass is 35.5. The molecule has 1 amide bonds. The molecule has 1 aliphatic heterocycles. The van der Waals surface area contributed by atoms with E-state index >= 15 is 0 Å². The molecular weight excluding hydrogens is 451 g/mol. The van der Waals surface area contributed by atoms with E-state index in [2.05, 4.69) is 20.2 Å². The van der Waals surface area contributed by atoms with Gasteiger partial charge in [0.05, 0.1) is 13.2 Å². The number of anilines is 1. The summed E-state index contributed by atoms with van der Waals surface area (Å²) in [5.74, 6) is 0.986. The minimum absolute atomic E-state index is 0.179. The van der Waals surface area contributed by atoms with Crippen molar-refractivity contribution >= 4 is 35.1 Å². The van der Waals surface area contributed by atoms with Gasteiger partial charge in [-0.25, -0.2) is 14.4 Å². The van der Waals surface area contributed by atoms with Crippen molar-refractivity contribution in [2.45, 2.75) is 17.5 Å². The Balaban J connectivity index is 1.32. The van der Waals surface area contributed by atoms with E-state index in [0.29, 0.717) is 41.4 Å². The fourth-order valence-corrected chi connectivity index (χ4v) is 4.23. The molecule has 1 saturated heterocycles. The molecule has 0 spiro atoms. The number of nitrogens with one attached hydrogen (secondary N) is 1.